The van der Waals surface area contributed by atoms with Gasteiger partial charge in [0.05, 0.1) is 20.8 Å². The molecule has 2 aromatic rings. The Morgan fingerprint density at radius 2 is 1.71 bits per heavy atom. The second kappa shape index (κ2) is 9.18. The average Bonchev–Trinajstić information content (AvgIpc) is 2.64. The lowest BCUT2D eigenvalue weighted by atomic mass is 9.92. The maximum Gasteiger partial charge on any atom is 0.161 e. The van der Waals surface area contributed by atoms with E-state index in [-0.39, 0.29) is 5.92 Å². The highest BCUT2D eigenvalue weighted by molar-refractivity contribution is 5.43. The SMILES string of the molecule is CCCOc1ccc(CC(CN)c2ccc(OC)cc2)cc1OC. The van der Waals surface area contributed by atoms with Gasteiger partial charge in [0.1, 0.15) is 5.75 Å². The van der Waals surface area contributed by atoms with Gasteiger partial charge in [0.15, 0.2) is 11.5 Å². The third kappa shape index (κ3) is 4.65. The summed E-state index contributed by atoms with van der Waals surface area (Å²) >= 11 is 0. The van der Waals surface area contributed by atoms with Crippen molar-refractivity contribution >= 4 is 0 Å². The molecule has 0 fully saturated rings. The maximum absolute atomic E-state index is 6.00. The van der Waals surface area contributed by atoms with Crippen molar-refractivity contribution in [2.45, 2.75) is 25.7 Å². The molecule has 0 aromatic heterocycles. The van der Waals surface area contributed by atoms with Crippen LogP contribution in [-0.4, -0.2) is 27.4 Å². The van der Waals surface area contributed by atoms with Crippen molar-refractivity contribution in [1.82, 2.24) is 0 Å². The normalized spacial score (nSPS) is 11.8. The van der Waals surface area contributed by atoms with Gasteiger partial charge in [-0.2, -0.15) is 0 Å². The molecule has 0 saturated carbocycles. The lowest BCUT2D eigenvalue weighted by Crippen LogP contribution is -2.15. The van der Waals surface area contributed by atoms with Crippen LogP contribution < -0.4 is 19.9 Å². The van der Waals surface area contributed by atoms with Crippen molar-refractivity contribution in [1.29, 1.82) is 0 Å². The lowest BCUT2D eigenvalue weighted by molar-refractivity contribution is 0.294. The van der Waals surface area contributed by atoms with Crippen LogP contribution in [0.25, 0.3) is 0 Å². The van der Waals surface area contributed by atoms with Gasteiger partial charge in [-0.1, -0.05) is 25.1 Å². The highest BCUT2D eigenvalue weighted by Crippen LogP contribution is 2.30. The van der Waals surface area contributed by atoms with E-state index in [0.29, 0.717) is 13.2 Å². The third-order valence-corrected chi connectivity index (χ3v) is 4.04. The number of rotatable bonds is 9. The highest BCUT2D eigenvalue weighted by Gasteiger charge is 2.13. The van der Waals surface area contributed by atoms with Crippen molar-refractivity contribution < 1.29 is 14.2 Å². The second-order valence-corrected chi connectivity index (χ2v) is 5.74. The molecule has 2 N–H and O–H groups in total. The van der Waals surface area contributed by atoms with Gasteiger partial charge in [-0.15, -0.1) is 0 Å². The largest absolute Gasteiger partial charge is 0.497 e. The third-order valence-electron chi connectivity index (χ3n) is 4.04. The van der Waals surface area contributed by atoms with Crippen LogP contribution in [0.4, 0.5) is 0 Å². The molecule has 0 spiro atoms. The molecule has 4 heteroatoms. The van der Waals surface area contributed by atoms with E-state index < -0.39 is 0 Å². The van der Waals surface area contributed by atoms with Crippen molar-refractivity contribution in [2.75, 3.05) is 27.4 Å². The zero-order chi connectivity index (χ0) is 17.4. The van der Waals surface area contributed by atoms with E-state index >= 15 is 0 Å². The topological polar surface area (TPSA) is 53.7 Å². The van der Waals surface area contributed by atoms with Crippen molar-refractivity contribution in [3.63, 3.8) is 0 Å². The molecule has 4 nitrogen and oxygen atoms in total. The summed E-state index contributed by atoms with van der Waals surface area (Å²) in [6.07, 6.45) is 1.82. The lowest BCUT2D eigenvalue weighted by Gasteiger charge is -2.17. The standard InChI is InChI=1S/C20H27NO3/c1-4-11-24-19-10-5-15(13-20(19)23-3)12-17(14-21)16-6-8-18(22-2)9-7-16/h5-10,13,17H,4,11-12,14,21H2,1-3H3. The molecular formula is C20H27NO3. The summed E-state index contributed by atoms with van der Waals surface area (Å²) in [5, 5.41) is 0. The predicted molar refractivity (Wildman–Crippen MR) is 97.3 cm³/mol. The van der Waals surface area contributed by atoms with E-state index in [1.54, 1.807) is 14.2 Å². The van der Waals surface area contributed by atoms with Gasteiger partial charge in [-0.05, 0) is 54.8 Å². The molecule has 130 valence electrons. The Kier molecular flexibility index (Phi) is 6.94. The van der Waals surface area contributed by atoms with Crippen LogP contribution in [0.5, 0.6) is 17.2 Å². The minimum absolute atomic E-state index is 0.253. The molecule has 0 radical (unpaired) electrons. The van der Waals surface area contributed by atoms with Gasteiger partial charge >= 0.3 is 0 Å². The van der Waals surface area contributed by atoms with E-state index in [0.717, 1.165) is 30.1 Å². The van der Waals surface area contributed by atoms with Crippen molar-refractivity contribution in [3.05, 3.63) is 53.6 Å². The van der Waals surface area contributed by atoms with Gasteiger partial charge in [0.2, 0.25) is 0 Å². The molecule has 2 aromatic carbocycles. The van der Waals surface area contributed by atoms with Crippen LogP contribution in [0.15, 0.2) is 42.5 Å². The predicted octanol–water partition coefficient (Wildman–Crippen LogP) is 3.78. The summed E-state index contributed by atoms with van der Waals surface area (Å²) in [5.41, 5.74) is 8.40. The summed E-state index contributed by atoms with van der Waals surface area (Å²) in [5.74, 6) is 2.67. The molecular weight excluding hydrogens is 302 g/mol. The van der Waals surface area contributed by atoms with Gasteiger partial charge in [0.25, 0.3) is 0 Å². The van der Waals surface area contributed by atoms with Gasteiger partial charge in [-0.25, -0.2) is 0 Å². The number of hydrogen-bond acceptors (Lipinski definition) is 4. The minimum Gasteiger partial charge on any atom is -0.497 e. The van der Waals surface area contributed by atoms with Crippen LogP contribution in [0.1, 0.15) is 30.4 Å². The van der Waals surface area contributed by atoms with E-state index in [4.69, 9.17) is 19.9 Å². The summed E-state index contributed by atoms with van der Waals surface area (Å²) in [6, 6.07) is 14.2. The van der Waals surface area contributed by atoms with E-state index in [2.05, 4.69) is 25.1 Å². The van der Waals surface area contributed by atoms with E-state index in [1.165, 1.54) is 11.1 Å². The first-order valence-corrected chi connectivity index (χ1v) is 8.35. The van der Waals surface area contributed by atoms with Gasteiger partial charge in [0, 0.05) is 5.92 Å². The number of benzene rings is 2. The number of ether oxygens (including phenoxy) is 3. The molecule has 1 atom stereocenters. The second-order valence-electron chi connectivity index (χ2n) is 5.74. The number of methoxy groups -OCH3 is 2. The molecule has 0 aliphatic heterocycles. The molecule has 0 amide bonds. The first-order valence-electron chi connectivity index (χ1n) is 8.35. The monoisotopic (exact) mass is 329 g/mol. The van der Waals surface area contributed by atoms with Crippen LogP contribution >= 0.6 is 0 Å². The Balaban J connectivity index is 2.14. The zero-order valence-electron chi connectivity index (χ0n) is 14.7. The summed E-state index contributed by atoms with van der Waals surface area (Å²) in [6.45, 7) is 3.36. The minimum atomic E-state index is 0.253. The van der Waals surface area contributed by atoms with Crippen molar-refractivity contribution in [2.24, 2.45) is 5.73 Å². The van der Waals surface area contributed by atoms with Crippen LogP contribution in [0, 0.1) is 0 Å². The Morgan fingerprint density at radius 1 is 0.958 bits per heavy atom. The molecule has 2 rings (SSSR count). The Bertz CT molecular complexity index is 625. The Morgan fingerprint density at radius 3 is 2.29 bits per heavy atom. The Labute approximate surface area is 144 Å². The maximum atomic E-state index is 6.00. The number of hydrogen-bond donors (Lipinski definition) is 1. The Hall–Kier alpha value is -2.20. The zero-order valence-corrected chi connectivity index (χ0v) is 14.7. The fraction of sp³-hybridized carbons (Fsp3) is 0.400. The quantitative estimate of drug-likeness (QED) is 0.761. The molecule has 0 aliphatic rings. The fourth-order valence-electron chi connectivity index (χ4n) is 2.67. The van der Waals surface area contributed by atoms with Crippen LogP contribution in [-0.2, 0) is 6.42 Å². The first kappa shape index (κ1) is 18.1. The summed E-state index contributed by atoms with van der Waals surface area (Å²) < 4.78 is 16.4. The van der Waals surface area contributed by atoms with Crippen LogP contribution in [0.3, 0.4) is 0 Å². The van der Waals surface area contributed by atoms with E-state index in [1.807, 2.05) is 24.3 Å². The smallest absolute Gasteiger partial charge is 0.161 e. The molecule has 0 bridgehead atoms. The number of nitrogens with two attached hydrogens (primary N) is 1. The summed E-state index contributed by atoms with van der Waals surface area (Å²) in [4.78, 5) is 0. The molecule has 1 unspecified atom stereocenters. The van der Waals surface area contributed by atoms with Gasteiger partial charge < -0.3 is 19.9 Å². The molecule has 24 heavy (non-hydrogen) atoms. The van der Waals surface area contributed by atoms with E-state index in [9.17, 15) is 0 Å². The van der Waals surface area contributed by atoms with Crippen LogP contribution in [0.2, 0.25) is 0 Å². The molecule has 0 heterocycles. The van der Waals surface area contributed by atoms with Crippen molar-refractivity contribution in [3.8, 4) is 17.2 Å². The highest BCUT2D eigenvalue weighted by atomic mass is 16.5. The average molecular weight is 329 g/mol. The first-order chi connectivity index (χ1) is 11.7. The fourth-order valence-corrected chi connectivity index (χ4v) is 2.67. The van der Waals surface area contributed by atoms with Gasteiger partial charge in [-0.3, -0.25) is 0 Å². The molecule has 0 aliphatic carbocycles. The molecule has 0 saturated heterocycles. The summed E-state index contributed by atoms with van der Waals surface area (Å²) in [7, 11) is 3.34.